The number of halogens is 2. The first-order valence-corrected chi connectivity index (χ1v) is 13.1. The summed E-state index contributed by atoms with van der Waals surface area (Å²) in [5.41, 5.74) is 1.08. The molecule has 188 valence electrons. The predicted molar refractivity (Wildman–Crippen MR) is 129 cm³/mol. The van der Waals surface area contributed by atoms with Crippen LogP contribution in [0, 0.1) is 29.4 Å². The maximum Gasteiger partial charge on any atom is 0.314 e. The Morgan fingerprint density at radius 1 is 0.914 bits per heavy atom. The number of carbonyl (C=O) groups excluding carboxylic acids is 1. The van der Waals surface area contributed by atoms with E-state index in [1.807, 2.05) is 0 Å². The summed E-state index contributed by atoms with van der Waals surface area (Å²) in [5.74, 6) is 0.198. The molecule has 35 heavy (non-hydrogen) atoms. The second-order valence-electron chi connectivity index (χ2n) is 10.3. The van der Waals surface area contributed by atoms with Crippen molar-refractivity contribution in [1.82, 2.24) is 0 Å². The van der Waals surface area contributed by atoms with Crippen molar-refractivity contribution < 1.29 is 27.8 Å². The largest absolute Gasteiger partial charge is 0.426 e. The molecule has 1 aliphatic carbocycles. The molecule has 3 aliphatic rings. The van der Waals surface area contributed by atoms with E-state index in [1.54, 1.807) is 24.3 Å². The van der Waals surface area contributed by atoms with Crippen molar-refractivity contribution in [2.24, 2.45) is 17.8 Å². The fourth-order valence-corrected chi connectivity index (χ4v) is 5.75. The molecule has 6 heteroatoms. The number of rotatable bonds is 7. The molecule has 2 saturated heterocycles. The minimum atomic E-state index is -0.604. The van der Waals surface area contributed by atoms with Gasteiger partial charge in [-0.1, -0.05) is 25.5 Å². The highest BCUT2D eigenvalue weighted by Crippen LogP contribution is 2.38. The molecule has 0 amide bonds. The van der Waals surface area contributed by atoms with Gasteiger partial charge in [-0.15, -0.1) is 0 Å². The van der Waals surface area contributed by atoms with Crippen molar-refractivity contribution >= 4 is 5.97 Å². The number of hydrogen-bond donors (Lipinski definition) is 0. The number of ether oxygens (including phenoxy) is 3. The monoisotopic (exact) mass is 484 g/mol. The molecule has 0 aromatic heterocycles. The summed E-state index contributed by atoms with van der Waals surface area (Å²) in [6.07, 6.45) is 8.39. The lowest BCUT2D eigenvalue weighted by atomic mass is 9.77. The van der Waals surface area contributed by atoms with Crippen molar-refractivity contribution in [3.05, 3.63) is 53.6 Å². The molecular weight excluding hydrogens is 450 g/mol. The maximum atomic E-state index is 14.3. The molecule has 3 atom stereocenters. The van der Waals surface area contributed by atoms with Crippen LogP contribution in [0.3, 0.4) is 0 Å². The minimum absolute atomic E-state index is 0.00948. The Balaban J connectivity index is 1.12. The van der Waals surface area contributed by atoms with E-state index >= 15 is 0 Å². The molecule has 3 unspecified atom stereocenters. The standard InChI is InChI=1S/C29H34F2O4/c1-2-3-18-4-13-26(33-16-18)20-5-7-21(8-6-20)29(32)35-23-11-9-19(10-12-23)22-14-24(30)28(25(31)15-22)27-17-34-27/h9-12,14-15,18,20-21,26-27H,2-8,13,16-17H2,1H3. The van der Waals surface area contributed by atoms with E-state index in [9.17, 15) is 13.6 Å². The van der Waals surface area contributed by atoms with Gasteiger partial charge in [0.15, 0.2) is 0 Å². The molecule has 3 fully saturated rings. The zero-order valence-corrected chi connectivity index (χ0v) is 20.3. The van der Waals surface area contributed by atoms with Gasteiger partial charge in [-0.25, -0.2) is 8.78 Å². The highest BCUT2D eigenvalue weighted by Gasteiger charge is 2.34. The number of epoxide rings is 1. The molecule has 0 bridgehead atoms. The summed E-state index contributed by atoms with van der Waals surface area (Å²) >= 11 is 0. The lowest BCUT2D eigenvalue weighted by molar-refractivity contribution is -0.141. The Labute approximate surface area is 206 Å². The normalized spacial score (nSPS) is 28.5. The molecule has 2 aliphatic heterocycles. The van der Waals surface area contributed by atoms with Crippen LogP contribution in [0.15, 0.2) is 36.4 Å². The molecule has 2 heterocycles. The van der Waals surface area contributed by atoms with Gasteiger partial charge in [0.25, 0.3) is 0 Å². The quantitative estimate of drug-likeness (QED) is 0.241. The summed E-state index contributed by atoms with van der Waals surface area (Å²) in [4.78, 5) is 12.8. The molecule has 1 saturated carbocycles. The van der Waals surface area contributed by atoms with E-state index < -0.39 is 17.7 Å². The van der Waals surface area contributed by atoms with Crippen molar-refractivity contribution in [3.8, 4) is 16.9 Å². The summed E-state index contributed by atoms with van der Waals surface area (Å²) < 4.78 is 45.5. The number of esters is 1. The van der Waals surface area contributed by atoms with Crippen molar-refractivity contribution in [2.75, 3.05) is 13.2 Å². The van der Waals surface area contributed by atoms with Crippen LogP contribution in [0.5, 0.6) is 5.75 Å². The van der Waals surface area contributed by atoms with Crippen molar-refractivity contribution in [1.29, 1.82) is 0 Å². The van der Waals surface area contributed by atoms with E-state index in [0.717, 1.165) is 38.7 Å². The van der Waals surface area contributed by atoms with Gasteiger partial charge in [0.2, 0.25) is 0 Å². The first-order chi connectivity index (χ1) is 17.0. The molecule has 2 aromatic rings. The Morgan fingerprint density at radius 2 is 1.60 bits per heavy atom. The SMILES string of the molecule is CCCC1CCC(C2CCC(C(=O)Oc3ccc(-c4cc(F)c(C5CO5)c(F)c4)cc3)CC2)OC1. The van der Waals surface area contributed by atoms with Gasteiger partial charge in [-0.2, -0.15) is 0 Å². The third-order valence-corrected chi connectivity index (χ3v) is 7.87. The third-order valence-electron chi connectivity index (χ3n) is 7.87. The van der Waals surface area contributed by atoms with Crippen LogP contribution >= 0.6 is 0 Å². The third kappa shape index (κ3) is 5.75. The van der Waals surface area contributed by atoms with Crippen molar-refractivity contribution in [3.63, 3.8) is 0 Å². The predicted octanol–water partition coefficient (Wildman–Crippen LogP) is 7.01. The van der Waals surface area contributed by atoms with Gasteiger partial charge in [0.1, 0.15) is 23.5 Å². The van der Waals surface area contributed by atoms with Gasteiger partial charge in [-0.3, -0.25) is 4.79 Å². The topological polar surface area (TPSA) is 48.1 Å². The first-order valence-electron chi connectivity index (χ1n) is 13.1. The lowest BCUT2D eigenvalue weighted by Crippen LogP contribution is -2.35. The first kappa shape index (κ1) is 24.4. The van der Waals surface area contributed by atoms with E-state index in [2.05, 4.69) is 6.92 Å². The van der Waals surface area contributed by atoms with Crippen LogP contribution in [0.4, 0.5) is 8.78 Å². The van der Waals surface area contributed by atoms with E-state index in [1.165, 1.54) is 31.4 Å². The van der Waals surface area contributed by atoms with E-state index in [0.29, 0.717) is 41.4 Å². The van der Waals surface area contributed by atoms with Gasteiger partial charge in [0.05, 0.1) is 24.2 Å². The molecule has 0 radical (unpaired) electrons. The zero-order chi connectivity index (χ0) is 24.4. The van der Waals surface area contributed by atoms with Crippen LogP contribution in [-0.4, -0.2) is 25.3 Å². The Hall–Kier alpha value is -2.31. The maximum absolute atomic E-state index is 14.3. The van der Waals surface area contributed by atoms with Gasteiger partial charge < -0.3 is 14.2 Å². The lowest BCUT2D eigenvalue weighted by Gasteiger charge is -2.37. The van der Waals surface area contributed by atoms with Gasteiger partial charge in [0, 0.05) is 6.61 Å². The van der Waals surface area contributed by atoms with Crippen LogP contribution in [-0.2, 0) is 14.3 Å². The molecule has 4 nitrogen and oxygen atoms in total. The molecule has 0 N–H and O–H groups in total. The Kier molecular flexibility index (Phi) is 7.49. The zero-order valence-electron chi connectivity index (χ0n) is 20.3. The van der Waals surface area contributed by atoms with Crippen LogP contribution < -0.4 is 4.74 Å². The number of hydrogen-bond acceptors (Lipinski definition) is 4. The fraction of sp³-hybridized carbons (Fsp3) is 0.552. The van der Waals surface area contributed by atoms with Gasteiger partial charge >= 0.3 is 5.97 Å². The fourth-order valence-electron chi connectivity index (χ4n) is 5.75. The Morgan fingerprint density at radius 3 is 2.17 bits per heavy atom. The smallest absolute Gasteiger partial charge is 0.314 e. The number of carbonyl (C=O) groups is 1. The van der Waals surface area contributed by atoms with Crippen LogP contribution in [0.2, 0.25) is 0 Å². The number of benzene rings is 2. The summed E-state index contributed by atoms with van der Waals surface area (Å²) in [7, 11) is 0. The summed E-state index contributed by atoms with van der Waals surface area (Å²) in [5, 5.41) is 0. The molecule has 5 rings (SSSR count). The highest BCUT2D eigenvalue weighted by molar-refractivity contribution is 5.75. The van der Waals surface area contributed by atoms with Gasteiger partial charge in [-0.05, 0) is 92.2 Å². The van der Waals surface area contributed by atoms with Crippen LogP contribution in [0.25, 0.3) is 11.1 Å². The molecule has 2 aromatic carbocycles. The molecular formula is C29H34F2O4. The summed E-state index contributed by atoms with van der Waals surface area (Å²) in [6.45, 7) is 3.46. The minimum Gasteiger partial charge on any atom is -0.426 e. The van der Waals surface area contributed by atoms with Crippen LogP contribution in [0.1, 0.15) is 70.0 Å². The Bertz CT molecular complexity index is 994. The molecule has 0 spiro atoms. The van der Waals surface area contributed by atoms with Crippen molar-refractivity contribution in [2.45, 2.75) is 70.5 Å². The second kappa shape index (κ2) is 10.8. The highest BCUT2D eigenvalue weighted by atomic mass is 19.1. The summed E-state index contributed by atoms with van der Waals surface area (Å²) in [6, 6.07) is 9.42. The average molecular weight is 485 g/mol. The average Bonchev–Trinajstić information content (AvgIpc) is 3.70. The van der Waals surface area contributed by atoms with E-state index in [4.69, 9.17) is 14.2 Å². The van der Waals surface area contributed by atoms with E-state index in [-0.39, 0.29) is 17.5 Å². The second-order valence-corrected chi connectivity index (χ2v) is 10.3.